The molecule has 2 aromatic carbocycles. The minimum absolute atomic E-state index is 0.0529. The summed E-state index contributed by atoms with van der Waals surface area (Å²) in [6.07, 6.45) is 5.71. The predicted molar refractivity (Wildman–Crippen MR) is 138 cm³/mol. The fourth-order valence-corrected chi connectivity index (χ4v) is 6.72. The molecule has 0 spiro atoms. The van der Waals surface area contributed by atoms with Crippen molar-refractivity contribution in [3.05, 3.63) is 65.7 Å². The third-order valence-electron chi connectivity index (χ3n) is 9.01. The van der Waals surface area contributed by atoms with Crippen molar-refractivity contribution in [2.24, 2.45) is 29.1 Å². The summed E-state index contributed by atoms with van der Waals surface area (Å²) in [5, 5.41) is 3.31. The molecule has 3 aliphatic carbocycles. The van der Waals surface area contributed by atoms with Gasteiger partial charge in [0.25, 0.3) is 0 Å². The fourth-order valence-electron chi connectivity index (χ4n) is 6.72. The first-order chi connectivity index (χ1) is 16.9. The van der Waals surface area contributed by atoms with Gasteiger partial charge in [0.15, 0.2) is 0 Å². The van der Waals surface area contributed by atoms with Gasteiger partial charge in [-0.15, -0.1) is 0 Å². The van der Waals surface area contributed by atoms with Gasteiger partial charge >= 0.3 is 5.97 Å². The molecule has 1 heterocycles. The molecule has 0 radical (unpaired) electrons. The lowest BCUT2D eigenvalue weighted by Crippen LogP contribution is -2.55. The second-order valence-corrected chi connectivity index (χ2v) is 11.3. The lowest BCUT2D eigenvalue weighted by atomic mass is 9.45. The number of benzene rings is 2. The average molecular weight is 475 g/mol. The van der Waals surface area contributed by atoms with Crippen LogP contribution in [0, 0.1) is 29.1 Å². The molecule has 5 nitrogen and oxygen atoms in total. The number of nitrogens with one attached hydrogen (secondary N) is 1. The number of carbonyl (C=O) groups excluding carboxylic acids is 2. The number of anilines is 1. The van der Waals surface area contributed by atoms with Gasteiger partial charge < -0.3 is 15.0 Å². The third kappa shape index (κ3) is 4.96. The third-order valence-corrected chi connectivity index (χ3v) is 9.01. The molecule has 6 rings (SSSR count). The summed E-state index contributed by atoms with van der Waals surface area (Å²) in [5.41, 5.74) is 2.83. The van der Waals surface area contributed by atoms with E-state index in [-0.39, 0.29) is 24.4 Å². The number of esters is 1. The number of piperidine rings is 1. The first kappa shape index (κ1) is 23.9. The molecule has 35 heavy (non-hydrogen) atoms. The van der Waals surface area contributed by atoms with Crippen LogP contribution in [0.4, 0.5) is 5.69 Å². The number of nitrogens with zero attached hydrogens (tertiary/aromatic N) is 1. The Balaban J connectivity index is 1.19. The van der Waals surface area contributed by atoms with E-state index in [1.165, 1.54) is 19.3 Å². The van der Waals surface area contributed by atoms with Gasteiger partial charge in [-0.3, -0.25) is 4.79 Å². The van der Waals surface area contributed by atoms with Gasteiger partial charge in [0.05, 0.1) is 17.2 Å². The summed E-state index contributed by atoms with van der Waals surface area (Å²) >= 11 is 0. The van der Waals surface area contributed by atoms with E-state index in [1.807, 2.05) is 54.6 Å². The molecule has 4 aliphatic rings. The molecule has 1 saturated heterocycles. The molecular formula is C30H38N2O3. The summed E-state index contributed by atoms with van der Waals surface area (Å²) < 4.78 is 5.61. The predicted octanol–water partition coefficient (Wildman–Crippen LogP) is 5.45. The Hall–Kier alpha value is -2.82. The van der Waals surface area contributed by atoms with Crippen LogP contribution in [0.3, 0.4) is 0 Å². The molecule has 1 aliphatic heterocycles. The monoisotopic (exact) mass is 474 g/mol. The highest BCUT2D eigenvalue weighted by Crippen LogP contribution is 2.61. The molecular weight excluding hydrogens is 436 g/mol. The Morgan fingerprint density at radius 2 is 1.80 bits per heavy atom. The summed E-state index contributed by atoms with van der Waals surface area (Å²) in [6.45, 7) is 7.34. The van der Waals surface area contributed by atoms with E-state index in [2.05, 4.69) is 24.1 Å². The summed E-state index contributed by atoms with van der Waals surface area (Å²) in [5.74, 6) is 2.03. The lowest BCUT2D eigenvalue weighted by Gasteiger charge is -2.60. The van der Waals surface area contributed by atoms with Crippen LogP contribution in [0.1, 0.15) is 61.9 Å². The summed E-state index contributed by atoms with van der Waals surface area (Å²) in [7, 11) is 0. The molecule has 1 N–H and O–H groups in total. The molecule has 4 fully saturated rings. The number of amides is 1. The molecule has 0 unspecified atom stereocenters. The van der Waals surface area contributed by atoms with Gasteiger partial charge in [0.2, 0.25) is 5.91 Å². The van der Waals surface area contributed by atoms with Crippen molar-refractivity contribution in [3.63, 3.8) is 0 Å². The number of ether oxygens (including phenoxy) is 1. The first-order valence-electron chi connectivity index (χ1n) is 13.3. The van der Waals surface area contributed by atoms with E-state index < -0.39 is 0 Å². The number of hydrogen-bond donors (Lipinski definition) is 1. The number of hydrogen-bond acceptors (Lipinski definition) is 4. The maximum absolute atomic E-state index is 13.1. The van der Waals surface area contributed by atoms with E-state index in [4.69, 9.17) is 4.74 Å². The molecule has 4 atom stereocenters. The van der Waals surface area contributed by atoms with E-state index in [0.717, 1.165) is 49.0 Å². The Bertz CT molecular complexity index is 1050. The number of para-hydroxylation sites is 1. The van der Waals surface area contributed by atoms with Crippen LogP contribution >= 0.6 is 0 Å². The van der Waals surface area contributed by atoms with E-state index in [1.54, 1.807) is 0 Å². The van der Waals surface area contributed by atoms with Crippen molar-refractivity contribution < 1.29 is 14.3 Å². The zero-order valence-electron chi connectivity index (χ0n) is 21.0. The van der Waals surface area contributed by atoms with Crippen molar-refractivity contribution >= 4 is 17.6 Å². The minimum atomic E-state index is -0.324. The van der Waals surface area contributed by atoms with Gasteiger partial charge in [-0.25, -0.2) is 4.79 Å². The van der Waals surface area contributed by atoms with Crippen molar-refractivity contribution in [1.82, 2.24) is 5.32 Å². The maximum Gasteiger partial charge on any atom is 0.340 e. The topological polar surface area (TPSA) is 58.6 Å². The number of carbonyl (C=O) groups is 2. The smallest absolute Gasteiger partial charge is 0.340 e. The standard InChI is InChI=1S/C30H38N2O3/c1-30(2)24-15-14-22(26(30)17-24)18-31-28(33)23-11-8-16-32(19-23)27-13-7-6-12-25(27)29(34)35-20-21-9-4-3-5-10-21/h3-7,9-10,12-13,22-24,26H,8,11,14-20H2,1-2H3,(H,31,33)/t22-,23+,24-,26+/m0/s1. The van der Waals surface area contributed by atoms with Gasteiger partial charge in [0, 0.05) is 19.6 Å². The SMILES string of the molecule is CC1(C)[C@H]2CC[C@@H](CNC(=O)[C@@H]3CCCN(c4ccccc4C(=O)OCc4ccccc4)C3)[C@H]1C2. The van der Waals surface area contributed by atoms with Crippen LogP contribution in [0.5, 0.6) is 0 Å². The molecule has 2 aromatic rings. The maximum atomic E-state index is 13.1. The summed E-state index contributed by atoms with van der Waals surface area (Å²) in [4.78, 5) is 28.3. The molecule has 0 aromatic heterocycles. The molecule has 186 valence electrons. The van der Waals surface area contributed by atoms with Crippen LogP contribution < -0.4 is 10.2 Å². The molecule has 2 bridgehead atoms. The number of rotatable bonds is 7. The Morgan fingerprint density at radius 3 is 2.57 bits per heavy atom. The molecule has 1 amide bonds. The van der Waals surface area contributed by atoms with Gasteiger partial charge in [-0.1, -0.05) is 56.3 Å². The van der Waals surface area contributed by atoms with E-state index in [9.17, 15) is 9.59 Å². The largest absolute Gasteiger partial charge is 0.457 e. The Kier molecular flexibility index (Phi) is 6.86. The van der Waals surface area contributed by atoms with Crippen molar-refractivity contribution in [2.75, 3.05) is 24.5 Å². The van der Waals surface area contributed by atoms with Crippen LogP contribution in [0.2, 0.25) is 0 Å². The van der Waals surface area contributed by atoms with Crippen LogP contribution in [0.25, 0.3) is 0 Å². The van der Waals surface area contributed by atoms with Gasteiger partial charge in [-0.05, 0) is 73.0 Å². The van der Waals surface area contributed by atoms with Crippen LogP contribution in [-0.2, 0) is 16.1 Å². The second-order valence-electron chi connectivity index (χ2n) is 11.3. The summed E-state index contributed by atoms with van der Waals surface area (Å²) in [6, 6.07) is 17.3. The Labute approximate surface area is 209 Å². The second kappa shape index (κ2) is 10.0. The average Bonchev–Trinajstić information content (AvgIpc) is 2.91. The Morgan fingerprint density at radius 1 is 1.03 bits per heavy atom. The highest BCUT2D eigenvalue weighted by atomic mass is 16.5. The molecule has 3 saturated carbocycles. The first-order valence-corrected chi connectivity index (χ1v) is 13.3. The van der Waals surface area contributed by atoms with Crippen LogP contribution in [-0.4, -0.2) is 31.5 Å². The van der Waals surface area contributed by atoms with Crippen molar-refractivity contribution in [3.8, 4) is 0 Å². The van der Waals surface area contributed by atoms with Crippen molar-refractivity contribution in [2.45, 2.75) is 52.6 Å². The quantitative estimate of drug-likeness (QED) is 0.542. The van der Waals surface area contributed by atoms with Crippen molar-refractivity contribution in [1.29, 1.82) is 0 Å². The van der Waals surface area contributed by atoms with E-state index >= 15 is 0 Å². The normalized spacial score (nSPS) is 27.0. The number of fused-ring (bicyclic) bond motifs is 2. The van der Waals surface area contributed by atoms with Gasteiger partial charge in [-0.2, -0.15) is 0 Å². The molecule has 5 heteroatoms. The van der Waals surface area contributed by atoms with Crippen LogP contribution in [0.15, 0.2) is 54.6 Å². The highest BCUT2D eigenvalue weighted by molar-refractivity contribution is 5.96. The van der Waals surface area contributed by atoms with Gasteiger partial charge in [0.1, 0.15) is 6.61 Å². The highest BCUT2D eigenvalue weighted by Gasteiger charge is 2.54. The zero-order chi connectivity index (χ0) is 24.4. The minimum Gasteiger partial charge on any atom is -0.457 e. The van der Waals surface area contributed by atoms with E-state index in [0.29, 0.717) is 23.4 Å². The zero-order valence-corrected chi connectivity index (χ0v) is 21.0. The fraction of sp³-hybridized carbons (Fsp3) is 0.533. The lowest BCUT2D eigenvalue weighted by molar-refractivity contribution is -0.128.